The van der Waals surface area contributed by atoms with Gasteiger partial charge in [-0.15, -0.1) is 0 Å². The fourth-order valence-electron chi connectivity index (χ4n) is 4.54. The van der Waals surface area contributed by atoms with Crippen molar-refractivity contribution < 1.29 is 44.2 Å². The first-order valence-corrected chi connectivity index (χ1v) is 11.5. The summed E-state index contributed by atoms with van der Waals surface area (Å²) in [5.41, 5.74) is -0.00496. The van der Waals surface area contributed by atoms with Gasteiger partial charge in [0.1, 0.15) is 34.8 Å². The van der Waals surface area contributed by atoms with E-state index < -0.39 is 51.4 Å². The maximum absolute atomic E-state index is 13.2. The van der Waals surface area contributed by atoms with E-state index in [1.807, 2.05) is 18.2 Å². The van der Waals surface area contributed by atoms with E-state index in [0.29, 0.717) is 11.3 Å². The molecule has 0 saturated carbocycles. The molecule has 0 spiro atoms. The largest absolute Gasteiger partial charge is 0.507 e. The summed E-state index contributed by atoms with van der Waals surface area (Å²) in [6.07, 6.45) is 1.52. The number of carbonyl (C=O) groups is 1. The van der Waals surface area contributed by atoms with Crippen LogP contribution in [0.1, 0.15) is 23.5 Å². The summed E-state index contributed by atoms with van der Waals surface area (Å²) in [5, 5.41) is 51.4. The zero-order chi connectivity index (χ0) is 27.1. The zero-order valence-electron chi connectivity index (χ0n) is 20.0. The van der Waals surface area contributed by atoms with Crippen LogP contribution in [0.2, 0.25) is 0 Å². The molecule has 1 atom stereocenters. The van der Waals surface area contributed by atoms with Crippen molar-refractivity contribution in [1.82, 2.24) is 0 Å². The molecule has 1 aliphatic rings. The fourth-order valence-corrected chi connectivity index (χ4v) is 4.54. The van der Waals surface area contributed by atoms with Gasteiger partial charge in [-0.25, -0.2) is 0 Å². The number of phenolic OH excluding ortho intramolecular Hbond substituents is 4. The summed E-state index contributed by atoms with van der Waals surface area (Å²) >= 11 is 0. The van der Waals surface area contributed by atoms with Gasteiger partial charge in [-0.05, 0) is 35.9 Å². The van der Waals surface area contributed by atoms with Crippen molar-refractivity contribution in [3.05, 3.63) is 75.5 Å². The molecule has 0 radical (unpaired) electrons. The van der Waals surface area contributed by atoms with Crippen molar-refractivity contribution in [2.75, 3.05) is 13.7 Å². The highest BCUT2D eigenvalue weighted by atomic mass is 16.5. The minimum Gasteiger partial charge on any atom is -0.507 e. The lowest BCUT2D eigenvalue weighted by molar-refractivity contribution is -0.140. The third-order valence-corrected chi connectivity index (χ3v) is 6.42. The molecule has 38 heavy (non-hydrogen) atoms. The first-order valence-electron chi connectivity index (χ1n) is 11.5. The number of para-hydroxylation sites is 1. The molecule has 0 bridgehead atoms. The molecule has 0 saturated heterocycles. The third-order valence-electron chi connectivity index (χ3n) is 6.42. The zero-order valence-corrected chi connectivity index (χ0v) is 20.0. The Kier molecular flexibility index (Phi) is 6.08. The number of esters is 1. The van der Waals surface area contributed by atoms with Gasteiger partial charge in [0, 0.05) is 28.7 Å². The number of carbonyl (C=O) groups excluding carboxylic acids is 1. The predicted octanol–water partition coefficient (Wildman–Crippen LogP) is 4.11. The van der Waals surface area contributed by atoms with Crippen LogP contribution in [0.3, 0.4) is 0 Å². The molecule has 3 aromatic carbocycles. The van der Waals surface area contributed by atoms with Crippen LogP contribution in [0, 0.1) is 0 Å². The molecule has 5 rings (SSSR count). The number of ether oxygens (including phenoxy) is 2. The average molecular weight is 518 g/mol. The van der Waals surface area contributed by atoms with Crippen LogP contribution in [0.25, 0.3) is 28.4 Å². The first-order chi connectivity index (χ1) is 18.2. The van der Waals surface area contributed by atoms with E-state index in [4.69, 9.17) is 13.9 Å². The Hall–Kier alpha value is -5.12. The van der Waals surface area contributed by atoms with E-state index in [2.05, 4.69) is 0 Å². The summed E-state index contributed by atoms with van der Waals surface area (Å²) in [6, 6.07) is 11.7. The minimum absolute atomic E-state index is 0.0150. The molecule has 0 aliphatic carbocycles. The van der Waals surface area contributed by atoms with Crippen molar-refractivity contribution in [3.63, 3.8) is 0 Å². The van der Waals surface area contributed by atoms with Gasteiger partial charge in [0.05, 0.1) is 13.5 Å². The molecular weight excluding hydrogens is 496 g/mol. The highest BCUT2D eigenvalue weighted by Gasteiger charge is 2.32. The molecule has 0 fully saturated rings. The van der Waals surface area contributed by atoms with Crippen LogP contribution in [-0.2, 0) is 9.53 Å². The van der Waals surface area contributed by atoms with Crippen LogP contribution < -0.4 is 10.2 Å². The Morgan fingerprint density at radius 3 is 2.47 bits per heavy atom. The Labute approximate surface area is 214 Å². The summed E-state index contributed by atoms with van der Waals surface area (Å²) < 4.78 is 16.7. The number of fused-ring (bicyclic) bond motifs is 2. The van der Waals surface area contributed by atoms with E-state index in [0.717, 1.165) is 23.8 Å². The lowest BCUT2D eigenvalue weighted by atomic mass is 9.84. The number of benzene rings is 3. The molecule has 0 unspecified atom stereocenters. The van der Waals surface area contributed by atoms with Gasteiger partial charge < -0.3 is 39.4 Å². The fraction of sp³-hybridized carbons (Fsp3) is 0.143. The second-order valence-corrected chi connectivity index (χ2v) is 8.72. The van der Waals surface area contributed by atoms with Crippen LogP contribution in [0.15, 0.2) is 63.3 Å². The van der Waals surface area contributed by atoms with Crippen molar-refractivity contribution in [2.45, 2.75) is 12.3 Å². The van der Waals surface area contributed by atoms with Crippen LogP contribution >= 0.6 is 0 Å². The SMILES string of the molecule is COC(=O)C[C@H](C1=Cc2ccccc2OC1)c1c(O)cc(O)c2c(=O)c(O)c(-c3ccc(O)c(O)c3)oc12. The number of methoxy groups -OCH3 is 1. The minimum atomic E-state index is -1.01. The van der Waals surface area contributed by atoms with Gasteiger partial charge in [-0.2, -0.15) is 0 Å². The van der Waals surface area contributed by atoms with Gasteiger partial charge in [0.2, 0.25) is 11.2 Å². The van der Waals surface area contributed by atoms with Crippen molar-refractivity contribution in [2.24, 2.45) is 0 Å². The Morgan fingerprint density at radius 2 is 1.74 bits per heavy atom. The molecule has 4 aromatic rings. The maximum atomic E-state index is 13.2. The quantitative estimate of drug-likeness (QED) is 0.192. The van der Waals surface area contributed by atoms with E-state index in [9.17, 15) is 35.1 Å². The van der Waals surface area contributed by atoms with Gasteiger partial charge in [-0.3, -0.25) is 9.59 Å². The van der Waals surface area contributed by atoms with Gasteiger partial charge in [-0.1, -0.05) is 18.2 Å². The Morgan fingerprint density at radius 1 is 0.974 bits per heavy atom. The normalized spacial score (nSPS) is 13.3. The van der Waals surface area contributed by atoms with Crippen LogP contribution in [0.4, 0.5) is 0 Å². The lowest BCUT2D eigenvalue weighted by Gasteiger charge is -2.26. The smallest absolute Gasteiger partial charge is 0.306 e. The van der Waals surface area contributed by atoms with Gasteiger partial charge >= 0.3 is 5.97 Å². The van der Waals surface area contributed by atoms with E-state index in [1.54, 1.807) is 12.1 Å². The average Bonchev–Trinajstić information content (AvgIpc) is 2.90. The van der Waals surface area contributed by atoms with E-state index in [1.165, 1.54) is 13.2 Å². The van der Waals surface area contributed by atoms with Crippen LogP contribution in [-0.4, -0.2) is 45.2 Å². The molecule has 194 valence electrons. The molecule has 1 aromatic heterocycles. The third kappa shape index (κ3) is 4.11. The molecule has 10 heteroatoms. The molecule has 0 amide bonds. The first kappa shape index (κ1) is 24.6. The van der Waals surface area contributed by atoms with Gasteiger partial charge in [0.25, 0.3) is 0 Å². The Bertz CT molecular complexity index is 1680. The number of phenols is 4. The molecule has 1 aliphatic heterocycles. The Balaban J connectivity index is 1.81. The molecular formula is C28H22O10. The van der Waals surface area contributed by atoms with Gasteiger partial charge in [0.15, 0.2) is 17.3 Å². The van der Waals surface area contributed by atoms with Crippen LogP contribution in [0.5, 0.6) is 34.5 Å². The predicted molar refractivity (Wildman–Crippen MR) is 136 cm³/mol. The molecule has 10 nitrogen and oxygen atoms in total. The summed E-state index contributed by atoms with van der Waals surface area (Å²) in [4.78, 5) is 25.7. The number of hydrogen-bond acceptors (Lipinski definition) is 10. The van der Waals surface area contributed by atoms with E-state index >= 15 is 0 Å². The standard InChI is InChI=1S/C28H22O10/c1-36-22(33)10-16(15-8-13-4-2-3-5-21(13)37-12-15)23-19(31)11-20(32)24-25(34)26(35)27(38-28(23)24)14-6-7-17(29)18(30)9-14/h2-9,11,16,29-32,35H,10,12H2,1H3/t16-/m1/s1. The lowest BCUT2D eigenvalue weighted by Crippen LogP contribution is -2.18. The monoisotopic (exact) mass is 518 g/mol. The highest BCUT2D eigenvalue weighted by Crippen LogP contribution is 2.46. The van der Waals surface area contributed by atoms with Crippen molar-refractivity contribution >= 4 is 23.0 Å². The topological polar surface area (TPSA) is 167 Å². The second-order valence-electron chi connectivity index (χ2n) is 8.72. The number of rotatable bonds is 5. The van der Waals surface area contributed by atoms with Crippen molar-refractivity contribution in [3.8, 4) is 45.8 Å². The number of hydrogen-bond donors (Lipinski definition) is 5. The molecule has 2 heterocycles. The summed E-state index contributed by atoms with van der Waals surface area (Å²) in [7, 11) is 1.21. The molecule has 5 N–H and O–H groups in total. The highest BCUT2D eigenvalue weighted by molar-refractivity contribution is 5.92. The van der Waals surface area contributed by atoms with Crippen molar-refractivity contribution in [1.29, 1.82) is 0 Å². The maximum Gasteiger partial charge on any atom is 0.306 e. The summed E-state index contributed by atoms with van der Waals surface area (Å²) in [5.74, 6) is -4.27. The number of aromatic hydroxyl groups is 5. The second kappa shape index (κ2) is 9.40. The summed E-state index contributed by atoms with van der Waals surface area (Å²) in [6.45, 7) is 0.0431. The van der Waals surface area contributed by atoms with E-state index in [-0.39, 0.29) is 35.5 Å².